The molecule has 4 N–H and O–H groups in total. The molecule has 0 aliphatic rings. The molecule has 7 nitrogen and oxygen atoms in total. The number of hydrogen-bond acceptors (Lipinski definition) is 5. The number of hydrogen-bond donors (Lipinski definition) is 3. The number of pyridine rings is 1. The van der Waals surface area contributed by atoms with Crippen molar-refractivity contribution in [1.29, 1.82) is 0 Å². The highest BCUT2D eigenvalue weighted by Gasteiger charge is 2.23. The number of rotatable bonds is 6. The van der Waals surface area contributed by atoms with Crippen LogP contribution in [0.1, 0.15) is 40.9 Å². The first-order valence-electron chi connectivity index (χ1n) is 10.5. The van der Waals surface area contributed by atoms with Crippen molar-refractivity contribution in [3.8, 4) is 11.1 Å². The zero-order valence-corrected chi connectivity index (χ0v) is 19.1. The molecule has 176 valence electrons. The predicted octanol–water partition coefficient (Wildman–Crippen LogP) is 4.46. The Hall–Kier alpha value is -3.56. The monoisotopic (exact) mass is 485 g/mol. The molecule has 0 aliphatic carbocycles. The fourth-order valence-electron chi connectivity index (χ4n) is 3.75. The lowest BCUT2D eigenvalue weighted by Crippen LogP contribution is -2.34. The van der Waals surface area contributed by atoms with Gasteiger partial charge in [0.05, 0.1) is 6.10 Å². The van der Waals surface area contributed by atoms with Crippen LogP contribution in [-0.2, 0) is 0 Å². The van der Waals surface area contributed by atoms with Crippen LogP contribution in [0.4, 0.5) is 14.7 Å². The summed E-state index contributed by atoms with van der Waals surface area (Å²) < 4.78 is 31.0. The van der Waals surface area contributed by atoms with Crippen molar-refractivity contribution in [3.63, 3.8) is 0 Å². The van der Waals surface area contributed by atoms with Crippen LogP contribution in [0.25, 0.3) is 16.8 Å². The molecular formula is C24H22ClF2N5O2. The van der Waals surface area contributed by atoms with Gasteiger partial charge in [-0.1, -0.05) is 23.7 Å². The van der Waals surface area contributed by atoms with Gasteiger partial charge in [0.15, 0.2) is 17.3 Å². The topological polar surface area (TPSA) is 106 Å². The molecule has 10 heteroatoms. The van der Waals surface area contributed by atoms with Gasteiger partial charge in [0.25, 0.3) is 5.91 Å². The van der Waals surface area contributed by atoms with Gasteiger partial charge in [0.1, 0.15) is 0 Å². The van der Waals surface area contributed by atoms with Gasteiger partial charge in [-0.2, -0.15) is 4.98 Å². The third kappa shape index (κ3) is 4.71. The minimum Gasteiger partial charge on any atom is -0.388 e. The number of aromatic nitrogens is 3. The van der Waals surface area contributed by atoms with Gasteiger partial charge >= 0.3 is 0 Å². The number of halogens is 3. The normalized spacial score (nSPS) is 13.1. The van der Waals surface area contributed by atoms with Crippen molar-refractivity contribution in [2.45, 2.75) is 32.4 Å². The minimum atomic E-state index is -1.11. The van der Waals surface area contributed by atoms with Crippen LogP contribution in [0.2, 0.25) is 5.02 Å². The van der Waals surface area contributed by atoms with Crippen molar-refractivity contribution >= 4 is 29.1 Å². The quantitative estimate of drug-likeness (QED) is 0.374. The number of aliphatic hydroxyl groups is 1. The molecule has 0 saturated heterocycles. The number of amides is 1. The van der Waals surface area contributed by atoms with E-state index in [4.69, 9.17) is 17.3 Å². The Bertz CT molecular complexity index is 1370. The summed E-state index contributed by atoms with van der Waals surface area (Å²) in [5.74, 6) is -2.72. The third-order valence-electron chi connectivity index (χ3n) is 5.57. The molecule has 0 bridgehead atoms. The molecule has 2 aromatic heterocycles. The summed E-state index contributed by atoms with van der Waals surface area (Å²) >= 11 is 5.87. The zero-order chi connectivity index (χ0) is 24.6. The molecule has 0 spiro atoms. The number of nitrogens with two attached hydrogens (primary N) is 1. The first-order chi connectivity index (χ1) is 16.1. The molecule has 4 rings (SSSR count). The molecule has 2 heterocycles. The van der Waals surface area contributed by atoms with Gasteiger partial charge in [-0.25, -0.2) is 13.3 Å². The number of anilines is 1. The summed E-state index contributed by atoms with van der Waals surface area (Å²) in [5.41, 5.74) is 6.69. The van der Waals surface area contributed by atoms with E-state index in [1.807, 2.05) is 0 Å². The van der Waals surface area contributed by atoms with Gasteiger partial charge in [-0.05, 0) is 61.7 Å². The van der Waals surface area contributed by atoms with Gasteiger partial charge < -0.3 is 16.2 Å². The van der Waals surface area contributed by atoms with E-state index in [-0.39, 0.29) is 29.1 Å². The second kappa shape index (κ2) is 9.36. The molecule has 0 unspecified atom stereocenters. The highest BCUT2D eigenvalue weighted by atomic mass is 35.5. The lowest BCUT2D eigenvalue weighted by Gasteiger charge is -2.19. The fourth-order valence-corrected chi connectivity index (χ4v) is 3.87. The number of carbonyl (C=O) groups is 1. The molecule has 2 aromatic carbocycles. The van der Waals surface area contributed by atoms with Gasteiger partial charge in [-0.15, -0.1) is 5.10 Å². The molecule has 2 atom stereocenters. The average molecular weight is 486 g/mol. The van der Waals surface area contributed by atoms with Gasteiger partial charge in [0.2, 0.25) is 5.95 Å². The summed E-state index contributed by atoms with van der Waals surface area (Å²) in [7, 11) is 0. The van der Waals surface area contributed by atoms with Crippen LogP contribution >= 0.6 is 11.6 Å². The molecule has 34 heavy (non-hydrogen) atoms. The first kappa shape index (κ1) is 23.6. The Morgan fingerprint density at radius 3 is 2.62 bits per heavy atom. The van der Waals surface area contributed by atoms with Crippen molar-refractivity contribution < 1.29 is 18.7 Å². The lowest BCUT2D eigenvalue weighted by molar-refractivity contribution is 0.0915. The Labute approximate surface area is 199 Å². The van der Waals surface area contributed by atoms with Crippen LogP contribution in [0.15, 0.2) is 48.7 Å². The maximum absolute atomic E-state index is 14.8. The van der Waals surface area contributed by atoms with Crippen LogP contribution < -0.4 is 11.1 Å². The van der Waals surface area contributed by atoms with E-state index in [1.54, 1.807) is 31.2 Å². The number of nitrogens with one attached hydrogen (secondary N) is 1. The third-order valence-corrected chi connectivity index (χ3v) is 5.82. The first-order valence-corrected chi connectivity index (χ1v) is 10.9. The molecule has 0 radical (unpaired) electrons. The molecular weight excluding hydrogens is 464 g/mol. The molecule has 0 saturated carbocycles. The summed E-state index contributed by atoms with van der Waals surface area (Å²) in [4.78, 5) is 17.0. The van der Waals surface area contributed by atoms with E-state index in [9.17, 15) is 18.7 Å². The van der Waals surface area contributed by atoms with E-state index in [0.717, 1.165) is 0 Å². The number of nitrogens with zero attached hydrogens (tertiary/aromatic N) is 3. The number of carbonyl (C=O) groups excluding carboxylic acids is 1. The second-order valence-corrected chi connectivity index (χ2v) is 8.53. The Kier molecular flexibility index (Phi) is 6.49. The van der Waals surface area contributed by atoms with Gasteiger partial charge in [0, 0.05) is 34.0 Å². The molecule has 4 aromatic rings. The van der Waals surface area contributed by atoms with Crippen molar-refractivity contribution in [3.05, 3.63) is 82.0 Å². The zero-order valence-electron chi connectivity index (χ0n) is 18.4. The number of benzene rings is 2. The summed E-state index contributed by atoms with van der Waals surface area (Å²) in [5, 5.41) is 17.7. The van der Waals surface area contributed by atoms with E-state index in [1.165, 1.54) is 35.8 Å². The molecule has 1 amide bonds. The fraction of sp³-hybridized carbons (Fsp3) is 0.208. The Balaban J connectivity index is 1.58. The Morgan fingerprint density at radius 2 is 1.91 bits per heavy atom. The van der Waals surface area contributed by atoms with Crippen LogP contribution in [-0.4, -0.2) is 31.7 Å². The minimum absolute atomic E-state index is 0.0115. The van der Waals surface area contributed by atoms with Crippen LogP contribution in [0.5, 0.6) is 0 Å². The van der Waals surface area contributed by atoms with Crippen LogP contribution in [0.3, 0.4) is 0 Å². The highest BCUT2D eigenvalue weighted by molar-refractivity contribution is 6.30. The van der Waals surface area contributed by atoms with Gasteiger partial charge in [-0.3, -0.25) is 4.79 Å². The lowest BCUT2D eigenvalue weighted by atomic mass is 9.97. The van der Waals surface area contributed by atoms with E-state index in [2.05, 4.69) is 15.4 Å². The average Bonchev–Trinajstić information content (AvgIpc) is 3.17. The largest absolute Gasteiger partial charge is 0.388 e. The van der Waals surface area contributed by atoms with E-state index in [0.29, 0.717) is 21.8 Å². The van der Waals surface area contributed by atoms with Crippen molar-refractivity contribution in [2.75, 3.05) is 5.73 Å². The number of fused-ring (bicyclic) bond motifs is 1. The molecule has 0 fully saturated rings. The van der Waals surface area contributed by atoms with E-state index < -0.39 is 29.7 Å². The predicted molar refractivity (Wildman–Crippen MR) is 125 cm³/mol. The summed E-state index contributed by atoms with van der Waals surface area (Å²) in [6.07, 6.45) is 0.899. The maximum Gasteiger partial charge on any atom is 0.251 e. The maximum atomic E-state index is 14.8. The van der Waals surface area contributed by atoms with E-state index >= 15 is 0 Å². The van der Waals surface area contributed by atoms with Crippen molar-refractivity contribution in [1.82, 2.24) is 19.9 Å². The second-order valence-electron chi connectivity index (χ2n) is 8.09. The number of nitrogen functional groups attached to an aromatic ring is 1. The Morgan fingerprint density at radius 1 is 1.21 bits per heavy atom. The summed E-state index contributed by atoms with van der Waals surface area (Å²) in [6, 6.07) is 10.6. The SMILES string of the molecule is Cc1c(C(=O)N[C@@H](C)C[C@@H](O)c2ccc(Cl)cc2)cc(-c2ccn3nc(N)nc3c2)c(F)c1F. The van der Waals surface area contributed by atoms with Crippen LogP contribution in [0, 0.1) is 18.6 Å². The number of aliphatic hydroxyl groups excluding tert-OH is 1. The standard InChI is InChI=1S/C24H22ClF2N5O2/c1-12(9-19(33)14-3-5-16(25)6-4-14)29-23(34)17-11-18(22(27)21(26)13(17)2)15-7-8-32-20(10-15)30-24(28)31-32/h3-8,10-12,19,33H,9H2,1-2H3,(H2,28,31)(H,29,34)/t12-,19+/m0/s1. The summed E-state index contributed by atoms with van der Waals surface area (Å²) in [6.45, 7) is 3.06. The van der Waals surface area contributed by atoms with Crippen molar-refractivity contribution in [2.24, 2.45) is 0 Å². The molecule has 0 aliphatic heterocycles. The highest BCUT2D eigenvalue weighted by Crippen LogP contribution is 2.30. The smallest absolute Gasteiger partial charge is 0.251 e.